The lowest BCUT2D eigenvalue weighted by Gasteiger charge is -2.23. The summed E-state index contributed by atoms with van der Waals surface area (Å²) < 4.78 is 12.0. The molecule has 1 aromatic heterocycles. The molecule has 0 aliphatic carbocycles. The largest absolute Gasteiger partial charge is 0.507 e. The van der Waals surface area contributed by atoms with Crippen molar-refractivity contribution in [3.63, 3.8) is 0 Å². The average Bonchev–Trinajstić information content (AvgIpc) is 3.59. The maximum absolute atomic E-state index is 13.6. The third-order valence-electron chi connectivity index (χ3n) is 7.32. The molecule has 1 amide bonds. The number of aromatic nitrogens is 1. The summed E-state index contributed by atoms with van der Waals surface area (Å²) in [5.41, 5.74) is 4.02. The van der Waals surface area contributed by atoms with Gasteiger partial charge in [-0.3, -0.25) is 14.5 Å². The smallest absolute Gasteiger partial charge is 0.301 e. The van der Waals surface area contributed by atoms with Gasteiger partial charge in [0.1, 0.15) is 23.4 Å². The number of amides is 1. The van der Waals surface area contributed by atoms with Crippen molar-refractivity contribution < 1.29 is 24.2 Å². The number of Topliss-reactive ketones (excluding diaryl/α,β-unsaturated/α-hetero) is 1. The standard InChI is InChI=1S/C31H28N2O5S/c1-16(2)18-5-7-19(8-6-18)27-26(28(34)20-9-12-24-21(14-20)13-17(3)38-24)29(35)30(36)33(27)31-32-23-11-10-22(37-4)15-25(23)39-31/h5-12,14-17,27,34H,13H2,1-4H3/b28-26-. The fourth-order valence-electron chi connectivity index (χ4n) is 5.26. The van der Waals surface area contributed by atoms with Crippen LogP contribution in [-0.4, -0.2) is 35.0 Å². The Kier molecular flexibility index (Phi) is 6.14. The molecule has 2 atom stereocenters. The molecular formula is C31H28N2O5S. The van der Waals surface area contributed by atoms with Gasteiger partial charge < -0.3 is 14.6 Å². The molecule has 1 fully saturated rings. The number of ether oxygens (including phenoxy) is 2. The van der Waals surface area contributed by atoms with E-state index in [1.165, 1.54) is 16.2 Å². The van der Waals surface area contributed by atoms with Gasteiger partial charge in [0.25, 0.3) is 5.78 Å². The first-order valence-electron chi connectivity index (χ1n) is 12.9. The molecule has 2 aliphatic rings. The zero-order valence-electron chi connectivity index (χ0n) is 22.1. The molecule has 6 rings (SSSR count). The van der Waals surface area contributed by atoms with Crippen molar-refractivity contribution in [2.45, 2.75) is 45.3 Å². The Morgan fingerprint density at radius 2 is 1.87 bits per heavy atom. The van der Waals surface area contributed by atoms with Crippen molar-refractivity contribution in [1.82, 2.24) is 4.98 Å². The Hall–Kier alpha value is -4.17. The monoisotopic (exact) mass is 540 g/mol. The third kappa shape index (κ3) is 4.25. The zero-order chi connectivity index (χ0) is 27.4. The Balaban J connectivity index is 1.52. The fourth-order valence-corrected chi connectivity index (χ4v) is 6.28. The lowest BCUT2D eigenvalue weighted by Crippen LogP contribution is -2.29. The van der Waals surface area contributed by atoms with Crippen LogP contribution >= 0.6 is 11.3 Å². The molecule has 8 heteroatoms. The number of anilines is 1. The van der Waals surface area contributed by atoms with Gasteiger partial charge in [-0.1, -0.05) is 49.4 Å². The number of hydrogen-bond acceptors (Lipinski definition) is 7. The van der Waals surface area contributed by atoms with E-state index in [0.717, 1.165) is 27.1 Å². The highest BCUT2D eigenvalue weighted by molar-refractivity contribution is 7.22. The molecule has 3 aromatic carbocycles. The summed E-state index contributed by atoms with van der Waals surface area (Å²) in [5, 5.41) is 11.9. The first-order chi connectivity index (χ1) is 18.7. The summed E-state index contributed by atoms with van der Waals surface area (Å²) in [4.78, 5) is 33.3. The molecule has 0 spiro atoms. The van der Waals surface area contributed by atoms with E-state index in [4.69, 9.17) is 14.5 Å². The Morgan fingerprint density at radius 3 is 2.59 bits per heavy atom. The van der Waals surface area contributed by atoms with E-state index in [0.29, 0.717) is 34.3 Å². The van der Waals surface area contributed by atoms with E-state index < -0.39 is 17.7 Å². The molecular weight excluding hydrogens is 512 g/mol. The number of nitrogens with zero attached hydrogens (tertiary/aromatic N) is 2. The third-order valence-corrected chi connectivity index (χ3v) is 8.34. The van der Waals surface area contributed by atoms with Crippen molar-refractivity contribution in [1.29, 1.82) is 0 Å². The molecule has 7 nitrogen and oxygen atoms in total. The number of aliphatic hydroxyl groups excluding tert-OH is 1. The van der Waals surface area contributed by atoms with E-state index in [-0.39, 0.29) is 17.4 Å². The minimum absolute atomic E-state index is 0.0418. The number of carbonyl (C=O) groups excluding carboxylic acids is 2. The molecule has 4 aromatic rings. The van der Waals surface area contributed by atoms with Gasteiger partial charge in [-0.2, -0.15) is 0 Å². The summed E-state index contributed by atoms with van der Waals surface area (Å²) in [6.07, 6.45) is 0.750. The van der Waals surface area contributed by atoms with Crippen LogP contribution in [0.1, 0.15) is 55.0 Å². The maximum Gasteiger partial charge on any atom is 0.301 e. The summed E-state index contributed by atoms with van der Waals surface area (Å²) in [6.45, 7) is 6.20. The number of ketones is 1. The van der Waals surface area contributed by atoms with E-state index in [1.807, 2.05) is 49.4 Å². The second-order valence-electron chi connectivity index (χ2n) is 10.3. The second kappa shape index (κ2) is 9.54. The van der Waals surface area contributed by atoms with Gasteiger partial charge in [-0.25, -0.2) is 4.98 Å². The lowest BCUT2D eigenvalue weighted by atomic mass is 9.93. The predicted octanol–water partition coefficient (Wildman–Crippen LogP) is 6.38. The second-order valence-corrected chi connectivity index (χ2v) is 11.3. The van der Waals surface area contributed by atoms with Gasteiger partial charge in [0.2, 0.25) is 0 Å². The van der Waals surface area contributed by atoms with Gasteiger partial charge in [-0.15, -0.1) is 0 Å². The van der Waals surface area contributed by atoms with Crippen molar-refractivity contribution in [3.05, 3.63) is 88.5 Å². The van der Waals surface area contributed by atoms with Crippen LogP contribution in [0.25, 0.3) is 16.0 Å². The highest BCUT2D eigenvalue weighted by atomic mass is 32.1. The van der Waals surface area contributed by atoms with E-state index in [1.54, 1.807) is 25.3 Å². The number of rotatable bonds is 5. The van der Waals surface area contributed by atoms with Crippen molar-refractivity contribution in [2.24, 2.45) is 0 Å². The average molecular weight is 541 g/mol. The molecule has 3 heterocycles. The minimum atomic E-state index is -0.836. The predicted molar refractivity (Wildman–Crippen MR) is 152 cm³/mol. The van der Waals surface area contributed by atoms with Crippen LogP contribution in [0.15, 0.2) is 66.2 Å². The molecule has 1 saturated heterocycles. The molecule has 0 bridgehead atoms. The van der Waals surface area contributed by atoms with Crippen molar-refractivity contribution in [3.8, 4) is 11.5 Å². The van der Waals surface area contributed by atoms with Crippen LogP contribution in [-0.2, 0) is 16.0 Å². The van der Waals surface area contributed by atoms with Crippen LogP contribution in [0.2, 0.25) is 0 Å². The summed E-state index contributed by atoms with van der Waals surface area (Å²) in [7, 11) is 1.59. The van der Waals surface area contributed by atoms with Gasteiger partial charge in [0, 0.05) is 12.0 Å². The number of benzene rings is 3. The zero-order valence-corrected chi connectivity index (χ0v) is 22.9. The molecule has 198 valence electrons. The van der Waals surface area contributed by atoms with Crippen LogP contribution in [0.3, 0.4) is 0 Å². The number of methoxy groups -OCH3 is 1. The minimum Gasteiger partial charge on any atom is -0.507 e. The van der Waals surface area contributed by atoms with E-state index >= 15 is 0 Å². The number of carbonyl (C=O) groups is 2. The lowest BCUT2D eigenvalue weighted by molar-refractivity contribution is -0.132. The number of thiazole rings is 1. The molecule has 0 saturated carbocycles. The van der Waals surface area contributed by atoms with Crippen LogP contribution in [0.4, 0.5) is 5.13 Å². The first kappa shape index (κ1) is 25.1. The maximum atomic E-state index is 13.6. The van der Waals surface area contributed by atoms with Crippen molar-refractivity contribution in [2.75, 3.05) is 12.0 Å². The normalized spacial score (nSPS) is 20.1. The number of hydrogen-bond donors (Lipinski definition) is 1. The van der Waals surface area contributed by atoms with E-state index in [2.05, 4.69) is 13.8 Å². The van der Waals surface area contributed by atoms with Gasteiger partial charge in [-0.05, 0) is 65.9 Å². The van der Waals surface area contributed by atoms with Crippen LogP contribution in [0.5, 0.6) is 11.5 Å². The number of fused-ring (bicyclic) bond motifs is 2. The fraction of sp³-hybridized carbons (Fsp3) is 0.258. The van der Waals surface area contributed by atoms with Gasteiger partial charge >= 0.3 is 5.91 Å². The topological polar surface area (TPSA) is 89.0 Å². The SMILES string of the molecule is COc1ccc2nc(N3C(=O)C(=O)/C(=C(\O)c4ccc5c(c4)CC(C)O5)C3c3ccc(C(C)C)cc3)sc2c1. The number of aliphatic hydroxyl groups is 1. The first-order valence-corrected chi connectivity index (χ1v) is 13.7. The Morgan fingerprint density at radius 1 is 1.10 bits per heavy atom. The van der Waals surface area contributed by atoms with Gasteiger partial charge in [0.05, 0.1) is 28.9 Å². The molecule has 2 aliphatic heterocycles. The van der Waals surface area contributed by atoms with Crippen molar-refractivity contribution >= 4 is 44.1 Å². The summed E-state index contributed by atoms with van der Waals surface area (Å²) in [5.74, 6) is 0.0892. The summed E-state index contributed by atoms with van der Waals surface area (Å²) in [6, 6.07) is 17.8. The Labute approximate surface area is 230 Å². The highest BCUT2D eigenvalue weighted by Crippen LogP contribution is 2.45. The quantitative estimate of drug-likeness (QED) is 0.180. The molecule has 39 heavy (non-hydrogen) atoms. The molecule has 1 N–H and O–H groups in total. The molecule has 2 unspecified atom stereocenters. The highest BCUT2D eigenvalue weighted by Gasteiger charge is 2.48. The Bertz CT molecular complexity index is 1650. The molecule has 0 radical (unpaired) electrons. The van der Waals surface area contributed by atoms with Crippen LogP contribution in [0, 0.1) is 0 Å². The summed E-state index contributed by atoms with van der Waals surface area (Å²) >= 11 is 1.30. The van der Waals surface area contributed by atoms with Gasteiger partial charge in [0.15, 0.2) is 5.13 Å². The van der Waals surface area contributed by atoms with Crippen LogP contribution < -0.4 is 14.4 Å². The van der Waals surface area contributed by atoms with E-state index in [9.17, 15) is 14.7 Å².